The Morgan fingerprint density at radius 3 is 1.66 bits per heavy atom. The highest BCUT2D eigenvalue weighted by Gasteiger charge is 2.22. The van der Waals surface area contributed by atoms with Gasteiger partial charge in [0.05, 0.1) is 0 Å². The molecule has 58 heavy (non-hydrogen) atoms. The van der Waals surface area contributed by atoms with Gasteiger partial charge in [-0.05, 0) is 81.9 Å². The Balaban J connectivity index is 1.13. The molecule has 0 saturated heterocycles. The number of furan rings is 1. The average Bonchev–Trinajstić information content (AvgIpc) is 3.68. The smallest absolute Gasteiger partial charge is 0.164 e. The summed E-state index contributed by atoms with van der Waals surface area (Å²) in [6, 6.07) is 71.6. The molecule has 0 aliphatic rings. The van der Waals surface area contributed by atoms with Crippen molar-refractivity contribution >= 4 is 60.5 Å². The highest BCUT2D eigenvalue weighted by molar-refractivity contribution is 6.22. The van der Waals surface area contributed by atoms with Crippen molar-refractivity contribution < 1.29 is 4.42 Å². The zero-order valence-corrected chi connectivity index (χ0v) is 31.3. The molecule has 2 heterocycles. The summed E-state index contributed by atoms with van der Waals surface area (Å²) >= 11 is 0. The molecule has 5 nitrogen and oxygen atoms in total. The van der Waals surface area contributed by atoms with Crippen molar-refractivity contribution in [2.45, 2.75) is 0 Å². The van der Waals surface area contributed by atoms with Crippen molar-refractivity contribution in [2.24, 2.45) is 0 Å². The van der Waals surface area contributed by atoms with Gasteiger partial charge >= 0.3 is 0 Å². The lowest BCUT2D eigenvalue weighted by atomic mass is 9.93. The van der Waals surface area contributed by atoms with E-state index in [9.17, 15) is 0 Å². The molecule has 9 aromatic carbocycles. The molecule has 0 radical (unpaired) electrons. The molecule has 0 saturated carbocycles. The molecule has 0 unspecified atom stereocenters. The van der Waals surface area contributed by atoms with Crippen LogP contribution in [-0.2, 0) is 0 Å². The largest absolute Gasteiger partial charge is 0.455 e. The topological polar surface area (TPSA) is 55.1 Å². The number of hydrogen-bond acceptors (Lipinski definition) is 5. The number of benzene rings is 9. The molecule has 0 amide bonds. The van der Waals surface area contributed by atoms with E-state index in [4.69, 9.17) is 19.4 Å². The van der Waals surface area contributed by atoms with Gasteiger partial charge in [0.1, 0.15) is 11.2 Å². The van der Waals surface area contributed by atoms with Gasteiger partial charge in [0.2, 0.25) is 0 Å². The van der Waals surface area contributed by atoms with Crippen molar-refractivity contribution in [2.75, 3.05) is 4.90 Å². The fourth-order valence-corrected chi connectivity index (χ4v) is 8.13. The lowest BCUT2D eigenvalue weighted by molar-refractivity contribution is 0.673. The van der Waals surface area contributed by atoms with Crippen LogP contribution in [-0.4, -0.2) is 15.0 Å². The molecule has 0 atom stereocenters. The molecule has 0 bridgehead atoms. The molecule has 0 aliphatic heterocycles. The first-order valence-electron chi connectivity index (χ1n) is 19.4. The van der Waals surface area contributed by atoms with Crippen LogP contribution >= 0.6 is 0 Å². The van der Waals surface area contributed by atoms with Gasteiger partial charge in [-0.3, -0.25) is 0 Å². The van der Waals surface area contributed by atoms with Crippen molar-refractivity contribution in [1.29, 1.82) is 0 Å². The summed E-state index contributed by atoms with van der Waals surface area (Å²) < 4.78 is 6.76. The summed E-state index contributed by atoms with van der Waals surface area (Å²) in [5.74, 6) is 1.84. The third kappa shape index (κ3) is 5.85. The molecule has 272 valence electrons. The summed E-state index contributed by atoms with van der Waals surface area (Å²) in [5.41, 5.74) is 9.82. The van der Waals surface area contributed by atoms with E-state index in [1.54, 1.807) is 0 Å². The van der Waals surface area contributed by atoms with E-state index in [1.807, 2.05) is 54.6 Å². The second-order valence-corrected chi connectivity index (χ2v) is 14.4. The van der Waals surface area contributed by atoms with Crippen molar-refractivity contribution in [3.8, 4) is 45.3 Å². The maximum atomic E-state index is 6.76. The van der Waals surface area contributed by atoms with Gasteiger partial charge in [-0.1, -0.05) is 152 Å². The van der Waals surface area contributed by atoms with Crippen molar-refractivity contribution in [3.05, 3.63) is 206 Å². The minimum Gasteiger partial charge on any atom is -0.455 e. The summed E-state index contributed by atoms with van der Waals surface area (Å²) in [7, 11) is 0. The van der Waals surface area contributed by atoms with Gasteiger partial charge in [0.25, 0.3) is 0 Å². The Morgan fingerprint density at radius 1 is 0.345 bits per heavy atom. The lowest BCUT2D eigenvalue weighted by Crippen LogP contribution is -2.09. The van der Waals surface area contributed by atoms with E-state index in [-0.39, 0.29) is 0 Å². The maximum absolute atomic E-state index is 6.76. The number of fused-ring (bicyclic) bond motifs is 6. The minimum absolute atomic E-state index is 0.600. The zero-order valence-electron chi connectivity index (χ0n) is 31.3. The van der Waals surface area contributed by atoms with Crippen LogP contribution in [0.4, 0.5) is 17.1 Å². The molecule has 0 aliphatic carbocycles. The standard InChI is InChI=1S/C53H34N4O/c1-4-16-37(17-5-1)51-54-52(39-28-27-35-15-10-11-18-38(35)33-39)56-53(55-51)47-34-46-44-23-12-13-26-48(44)58-50(46)49-43(24-14-25-45(47)49)36-29-31-42(32-30-36)57(40-19-6-2-7-20-40)41-21-8-3-9-22-41/h1-34H. The monoisotopic (exact) mass is 742 g/mol. The zero-order chi connectivity index (χ0) is 38.4. The van der Waals surface area contributed by atoms with Gasteiger partial charge in [-0.15, -0.1) is 0 Å². The quantitative estimate of drug-likeness (QED) is 0.163. The van der Waals surface area contributed by atoms with Crippen LogP contribution in [0.15, 0.2) is 211 Å². The fraction of sp³-hybridized carbons (Fsp3) is 0. The molecule has 0 fully saturated rings. The molecule has 2 aromatic heterocycles. The summed E-state index contributed by atoms with van der Waals surface area (Å²) in [4.78, 5) is 17.8. The molecule has 5 heteroatoms. The van der Waals surface area contributed by atoms with Crippen LogP contribution in [0.2, 0.25) is 0 Å². The van der Waals surface area contributed by atoms with Crippen LogP contribution in [0.25, 0.3) is 88.8 Å². The number of anilines is 3. The van der Waals surface area contributed by atoms with Crippen LogP contribution < -0.4 is 4.90 Å². The van der Waals surface area contributed by atoms with Crippen LogP contribution in [0.1, 0.15) is 0 Å². The highest BCUT2D eigenvalue weighted by atomic mass is 16.3. The van der Waals surface area contributed by atoms with Crippen LogP contribution in [0.3, 0.4) is 0 Å². The molecular formula is C53H34N4O. The Morgan fingerprint density at radius 2 is 0.914 bits per heavy atom. The Kier molecular flexibility index (Phi) is 8.07. The third-order valence-electron chi connectivity index (χ3n) is 10.9. The molecular weight excluding hydrogens is 709 g/mol. The van der Waals surface area contributed by atoms with E-state index >= 15 is 0 Å². The second kappa shape index (κ2) is 14.0. The second-order valence-electron chi connectivity index (χ2n) is 14.4. The fourth-order valence-electron chi connectivity index (χ4n) is 8.13. The Hall–Kier alpha value is -7.89. The van der Waals surface area contributed by atoms with Crippen molar-refractivity contribution in [1.82, 2.24) is 15.0 Å². The highest BCUT2D eigenvalue weighted by Crippen LogP contribution is 2.44. The van der Waals surface area contributed by atoms with Gasteiger partial charge in [0.15, 0.2) is 17.5 Å². The number of aromatic nitrogens is 3. The van der Waals surface area contributed by atoms with Gasteiger partial charge in [0, 0.05) is 49.9 Å². The molecule has 0 N–H and O–H groups in total. The van der Waals surface area contributed by atoms with Crippen molar-refractivity contribution in [3.63, 3.8) is 0 Å². The number of nitrogens with zero attached hydrogens (tertiary/aromatic N) is 4. The van der Waals surface area contributed by atoms with Gasteiger partial charge in [-0.2, -0.15) is 0 Å². The predicted octanol–water partition coefficient (Wildman–Crippen LogP) is 14.2. The van der Waals surface area contributed by atoms with Gasteiger partial charge in [-0.25, -0.2) is 15.0 Å². The molecule has 0 spiro atoms. The van der Waals surface area contributed by atoms with E-state index in [0.29, 0.717) is 17.5 Å². The van der Waals surface area contributed by atoms with E-state index in [2.05, 4.69) is 157 Å². The van der Waals surface area contributed by atoms with Crippen LogP contribution in [0, 0.1) is 0 Å². The normalized spacial score (nSPS) is 11.4. The first-order valence-corrected chi connectivity index (χ1v) is 19.4. The third-order valence-corrected chi connectivity index (χ3v) is 10.9. The maximum Gasteiger partial charge on any atom is 0.164 e. The SMILES string of the molecule is c1ccc(-c2nc(-c3ccc4ccccc4c3)nc(-c3cc4c5ccccc5oc4c4c(-c5ccc(N(c6ccccc6)c6ccccc6)cc5)cccc34)n2)cc1. The number of para-hydroxylation sites is 3. The summed E-state index contributed by atoms with van der Waals surface area (Å²) in [6.07, 6.45) is 0. The molecule has 11 aromatic rings. The Labute approximate surface area is 335 Å². The predicted molar refractivity (Wildman–Crippen MR) is 239 cm³/mol. The first-order chi connectivity index (χ1) is 28.7. The van der Waals surface area contributed by atoms with E-state index in [0.717, 1.165) is 83.0 Å². The summed E-state index contributed by atoms with van der Waals surface area (Å²) in [6.45, 7) is 0. The number of hydrogen-bond donors (Lipinski definition) is 0. The Bertz CT molecular complexity index is 3230. The number of rotatable bonds is 7. The van der Waals surface area contributed by atoms with E-state index < -0.39 is 0 Å². The van der Waals surface area contributed by atoms with E-state index in [1.165, 1.54) is 5.39 Å². The first kappa shape index (κ1) is 33.4. The lowest BCUT2D eigenvalue weighted by Gasteiger charge is -2.25. The molecule has 11 rings (SSSR count). The minimum atomic E-state index is 0.600. The summed E-state index contributed by atoms with van der Waals surface area (Å²) in [5, 5.41) is 6.36. The van der Waals surface area contributed by atoms with Crippen LogP contribution in [0.5, 0.6) is 0 Å². The van der Waals surface area contributed by atoms with Gasteiger partial charge < -0.3 is 9.32 Å². The average molecular weight is 743 g/mol.